The van der Waals surface area contributed by atoms with Crippen LogP contribution in [0.4, 0.5) is 24.5 Å². The topological polar surface area (TPSA) is 74.7 Å². The van der Waals surface area contributed by atoms with Gasteiger partial charge in [0.15, 0.2) is 11.6 Å². The maximum absolute atomic E-state index is 15.2. The molecule has 40 heavy (non-hydrogen) atoms. The minimum absolute atomic E-state index is 0.00205. The minimum atomic E-state index is -0.934. The van der Waals surface area contributed by atoms with E-state index < -0.39 is 23.6 Å². The van der Waals surface area contributed by atoms with Gasteiger partial charge in [-0.1, -0.05) is 0 Å². The Balaban J connectivity index is 1.24. The summed E-state index contributed by atoms with van der Waals surface area (Å²) >= 11 is 1.06. The molecule has 0 aliphatic carbocycles. The van der Waals surface area contributed by atoms with E-state index in [0.29, 0.717) is 24.2 Å². The largest absolute Gasteiger partial charge is 0.451 e. The first kappa shape index (κ1) is 26.5. The van der Waals surface area contributed by atoms with Gasteiger partial charge in [0.05, 0.1) is 22.3 Å². The van der Waals surface area contributed by atoms with Crippen LogP contribution in [-0.2, 0) is 0 Å². The van der Waals surface area contributed by atoms with E-state index in [2.05, 4.69) is 19.9 Å². The summed E-state index contributed by atoms with van der Waals surface area (Å²) in [5, 5.41) is 3.57. The fourth-order valence-corrected chi connectivity index (χ4v) is 5.62. The van der Waals surface area contributed by atoms with Crippen LogP contribution in [0.1, 0.15) is 6.42 Å². The molecule has 12 heteroatoms. The monoisotopic (exact) mass is 568 g/mol. The number of rotatable bonds is 7. The van der Waals surface area contributed by atoms with Crippen LogP contribution < -0.4 is 25.2 Å². The molecule has 2 aliphatic rings. The molecule has 2 N–H and O–H groups in total. The highest BCUT2D eigenvalue weighted by atomic mass is 32.2. The molecule has 3 heterocycles. The summed E-state index contributed by atoms with van der Waals surface area (Å²) < 4.78 is 54.8. The number of benzene rings is 3. The van der Waals surface area contributed by atoms with Crippen LogP contribution in [-0.4, -0.2) is 59.3 Å². The van der Waals surface area contributed by atoms with E-state index in [4.69, 9.17) is 4.74 Å². The molecule has 0 radical (unpaired) electrons. The fourth-order valence-electron chi connectivity index (χ4n) is 4.80. The van der Waals surface area contributed by atoms with E-state index in [0.717, 1.165) is 50.1 Å². The number of piperazine rings is 1. The summed E-state index contributed by atoms with van der Waals surface area (Å²) in [6.07, 6.45) is 0.952. The molecule has 2 aliphatic heterocycles. The predicted octanol–water partition coefficient (Wildman–Crippen LogP) is 4.88. The Labute approximate surface area is 233 Å². The first-order chi connectivity index (χ1) is 19.5. The SMILES string of the molecule is O=c1c2cc(Oc3c(F)ccc(NSN4CCC(F)C4)c3F)ccc2ncn1-c1ccc(N2CCNCC2)cc1. The lowest BCUT2D eigenvalue weighted by atomic mass is 10.2. The Morgan fingerprint density at radius 3 is 2.52 bits per heavy atom. The summed E-state index contributed by atoms with van der Waals surface area (Å²) in [7, 11) is 0. The van der Waals surface area contributed by atoms with Crippen molar-refractivity contribution < 1.29 is 17.9 Å². The second-order valence-corrected chi connectivity index (χ2v) is 10.6. The third kappa shape index (κ3) is 5.47. The number of nitrogens with one attached hydrogen (secondary N) is 2. The van der Waals surface area contributed by atoms with E-state index in [1.54, 1.807) is 10.4 Å². The van der Waals surface area contributed by atoms with Crippen LogP contribution in [0.25, 0.3) is 16.6 Å². The zero-order valence-electron chi connectivity index (χ0n) is 21.4. The Bertz CT molecular complexity index is 1580. The lowest BCUT2D eigenvalue weighted by molar-refractivity contribution is 0.349. The van der Waals surface area contributed by atoms with Gasteiger partial charge in [-0.25, -0.2) is 22.5 Å². The van der Waals surface area contributed by atoms with Crippen LogP contribution in [0.15, 0.2) is 65.7 Å². The second-order valence-electron chi connectivity index (χ2n) is 9.66. The van der Waals surface area contributed by atoms with Gasteiger partial charge in [0.2, 0.25) is 5.75 Å². The molecule has 1 unspecified atom stereocenters. The Kier molecular flexibility index (Phi) is 7.55. The van der Waals surface area contributed by atoms with Gasteiger partial charge < -0.3 is 19.7 Å². The van der Waals surface area contributed by atoms with Crippen LogP contribution in [0, 0.1) is 11.6 Å². The second kappa shape index (κ2) is 11.4. The molecule has 2 fully saturated rings. The molecular weight excluding hydrogens is 541 g/mol. The number of nitrogens with zero attached hydrogens (tertiary/aromatic N) is 4. The quantitative estimate of drug-likeness (QED) is 0.306. The molecule has 0 bridgehead atoms. The number of halogens is 3. The van der Waals surface area contributed by atoms with Gasteiger partial charge in [-0.05, 0) is 61.0 Å². The fraction of sp³-hybridized carbons (Fsp3) is 0.286. The number of hydrogen-bond donors (Lipinski definition) is 2. The van der Waals surface area contributed by atoms with E-state index >= 15 is 4.39 Å². The molecule has 208 valence electrons. The summed E-state index contributed by atoms with van der Waals surface area (Å²) in [5.41, 5.74) is 1.81. The van der Waals surface area contributed by atoms with Crippen molar-refractivity contribution in [2.75, 3.05) is 48.9 Å². The van der Waals surface area contributed by atoms with Crippen molar-refractivity contribution >= 4 is 34.4 Å². The van der Waals surface area contributed by atoms with Gasteiger partial charge in [0.1, 0.15) is 18.2 Å². The maximum atomic E-state index is 15.2. The average molecular weight is 569 g/mol. The van der Waals surface area contributed by atoms with Crippen molar-refractivity contribution in [1.82, 2.24) is 19.2 Å². The van der Waals surface area contributed by atoms with Gasteiger partial charge >= 0.3 is 0 Å². The number of anilines is 2. The third-order valence-corrected chi connectivity index (χ3v) is 7.89. The molecule has 3 aromatic carbocycles. The van der Waals surface area contributed by atoms with Crippen LogP contribution in [0.3, 0.4) is 0 Å². The van der Waals surface area contributed by atoms with Crippen LogP contribution >= 0.6 is 12.1 Å². The summed E-state index contributed by atoms with van der Waals surface area (Å²) in [5.74, 6) is -2.36. The van der Waals surface area contributed by atoms with Crippen molar-refractivity contribution in [3.8, 4) is 17.2 Å². The molecule has 1 aromatic heterocycles. The van der Waals surface area contributed by atoms with E-state index in [9.17, 15) is 13.6 Å². The molecule has 2 saturated heterocycles. The molecule has 0 saturated carbocycles. The third-order valence-electron chi connectivity index (χ3n) is 6.99. The van der Waals surface area contributed by atoms with Crippen molar-refractivity contribution in [2.24, 2.45) is 0 Å². The van der Waals surface area contributed by atoms with Gasteiger partial charge in [-0.15, -0.1) is 0 Å². The van der Waals surface area contributed by atoms with E-state index in [1.807, 2.05) is 24.3 Å². The molecule has 6 rings (SSSR count). The molecule has 8 nitrogen and oxygen atoms in total. The van der Waals surface area contributed by atoms with E-state index in [1.165, 1.54) is 29.1 Å². The maximum Gasteiger partial charge on any atom is 0.265 e. The number of ether oxygens (including phenoxy) is 1. The highest BCUT2D eigenvalue weighted by Gasteiger charge is 2.24. The van der Waals surface area contributed by atoms with E-state index in [-0.39, 0.29) is 28.9 Å². The number of aromatic nitrogens is 2. The minimum Gasteiger partial charge on any atom is -0.451 e. The van der Waals surface area contributed by atoms with Gasteiger partial charge in [0, 0.05) is 57.1 Å². The number of alkyl halides is 1. The Morgan fingerprint density at radius 2 is 1.77 bits per heavy atom. The first-order valence-electron chi connectivity index (χ1n) is 13.0. The molecular formula is C28H27F3N6O2S. The van der Waals surface area contributed by atoms with Crippen molar-refractivity contribution in [3.05, 3.63) is 82.9 Å². The summed E-state index contributed by atoms with van der Waals surface area (Å²) in [6.45, 7) is 4.43. The lowest BCUT2D eigenvalue weighted by Gasteiger charge is -2.29. The van der Waals surface area contributed by atoms with Crippen LogP contribution in [0.5, 0.6) is 11.5 Å². The molecule has 0 spiro atoms. The average Bonchev–Trinajstić information content (AvgIpc) is 3.40. The van der Waals surface area contributed by atoms with Gasteiger partial charge in [0.25, 0.3) is 5.56 Å². The van der Waals surface area contributed by atoms with Crippen molar-refractivity contribution in [2.45, 2.75) is 12.6 Å². The first-order valence-corrected chi connectivity index (χ1v) is 13.8. The summed E-state index contributed by atoms with van der Waals surface area (Å²) in [6, 6.07) is 14.5. The standard InChI is InChI=1S/C28H27F3N6O2S/c29-18-9-12-36(16-18)40-34-25-8-6-23(30)27(26(25)31)39-21-5-7-24-22(15-21)28(38)37(17-33-24)20-3-1-19(2-4-20)35-13-10-32-11-14-35/h1-8,15,17-18,32,34H,9-14,16H2. The Hall–Kier alpha value is -3.74. The lowest BCUT2D eigenvalue weighted by Crippen LogP contribution is -2.43. The predicted molar refractivity (Wildman–Crippen MR) is 151 cm³/mol. The molecule has 4 aromatic rings. The van der Waals surface area contributed by atoms with Crippen molar-refractivity contribution in [3.63, 3.8) is 0 Å². The zero-order valence-corrected chi connectivity index (χ0v) is 22.3. The smallest absolute Gasteiger partial charge is 0.265 e. The van der Waals surface area contributed by atoms with Crippen LogP contribution in [0.2, 0.25) is 0 Å². The zero-order chi connectivity index (χ0) is 27.6. The van der Waals surface area contributed by atoms with Crippen molar-refractivity contribution in [1.29, 1.82) is 0 Å². The molecule has 0 amide bonds. The van der Waals surface area contributed by atoms with Gasteiger partial charge in [-0.2, -0.15) is 0 Å². The van der Waals surface area contributed by atoms with Gasteiger partial charge in [-0.3, -0.25) is 9.36 Å². The number of fused-ring (bicyclic) bond motifs is 1. The normalized spacial score (nSPS) is 17.9. The number of hydrogen-bond acceptors (Lipinski definition) is 8. The Morgan fingerprint density at radius 1 is 1.00 bits per heavy atom. The molecule has 1 atom stereocenters. The highest BCUT2D eigenvalue weighted by molar-refractivity contribution is 7.98. The highest BCUT2D eigenvalue weighted by Crippen LogP contribution is 2.34. The summed E-state index contributed by atoms with van der Waals surface area (Å²) in [4.78, 5) is 20.1.